The van der Waals surface area contributed by atoms with Crippen molar-refractivity contribution in [3.05, 3.63) is 58.7 Å². The van der Waals surface area contributed by atoms with E-state index in [2.05, 4.69) is 27.7 Å². The highest BCUT2D eigenvalue weighted by Crippen LogP contribution is 2.50. The number of carboxylic acid groups (broad SMARTS) is 1. The van der Waals surface area contributed by atoms with E-state index in [9.17, 15) is 14.7 Å². The average Bonchev–Trinajstić information content (AvgIpc) is 2.58. The summed E-state index contributed by atoms with van der Waals surface area (Å²) in [4.78, 5) is 23.7. The summed E-state index contributed by atoms with van der Waals surface area (Å²) in [5.74, 6) is -1.48. The molecule has 0 fully saturated rings. The summed E-state index contributed by atoms with van der Waals surface area (Å²) < 4.78 is 0. The standard InChI is InChI=1S/C22H25NO3/c1-21(2)9-10-22(3,4)18-16(11-13(19(23)24)12-17(18)21)14-7-5-6-8-15(14)20(25)26/h5-8,11-12H,9-10H2,1-4H3,(H2,23,24)(H,25,26). The van der Waals surface area contributed by atoms with Gasteiger partial charge in [0, 0.05) is 5.56 Å². The first-order valence-electron chi connectivity index (χ1n) is 8.86. The van der Waals surface area contributed by atoms with E-state index >= 15 is 0 Å². The number of fused-ring (bicyclic) bond motifs is 1. The molecule has 1 aliphatic rings. The lowest BCUT2D eigenvalue weighted by Crippen LogP contribution is -2.35. The van der Waals surface area contributed by atoms with E-state index in [1.54, 1.807) is 18.2 Å². The normalized spacial score (nSPS) is 17.4. The zero-order chi connectivity index (χ0) is 19.3. The first-order valence-corrected chi connectivity index (χ1v) is 8.86. The molecule has 0 radical (unpaired) electrons. The van der Waals surface area contributed by atoms with E-state index in [4.69, 9.17) is 5.73 Å². The number of carbonyl (C=O) groups excluding carboxylic acids is 1. The van der Waals surface area contributed by atoms with Crippen LogP contribution in [0, 0.1) is 0 Å². The summed E-state index contributed by atoms with van der Waals surface area (Å²) in [6.45, 7) is 8.69. The third-order valence-corrected chi connectivity index (χ3v) is 5.65. The number of hydrogen-bond donors (Lipinski definition) is 2. The van der Waals surface area contributed by atoms with Gasteiger partial charge in [-0.05, 0) is 64.1 Å². The molecule has 0 heterocycles. The highest BCUT2D eigenvalue weighted by atomic mass is 16.4. The monoisotopic (exact) mass is 351 g/mol. The van der Waals surface area contributed by atoms with Crippen molar-refractivity contribution in [1.29, 1.82) is 0 Å². The fourth-order valence-corrected chi connectivity index (χ4v) is 4.05. The van der Waals surface area contributed by atoms with Crippen LogP contribution < -0.4 is 5.73 Å². The van der Waals surface area contributed by atoms with Crippen molar-refractivity contribution in [3.8, 4) is 11.1 Å². The van der Waals surface area contributed by atoms with Crippen LogP contribution in [0.25, 0.3) is 11.1 Å². The van der Waals surface area contributed by atoms with E-state index in [-0.39, 0.29) is 16.4 Å². The molecule has 1 aliphatic carbocycles. The first-order chi connectivity index (χ1) is 12.0. The number of benzene rings is 2. The van der Waals surface area contributed by atoms with E-state index in [0.29, 0.717) is 11.1 Å². The molecule has 0 spiro atoms. The third kappa shape index (κ3) is 2.90. The maximum Gasteiger partial charge on any atom is 0.336 e. The van der Waals surface area contributed by atoms with Crippen LogP contribution in [0.4, 0.5) is 0 Å². The van der Waals surface area contributed by atoms with E-state index in [1.165, 1.54) is 0 Å². The molecule has 3 rings (SSSR count). The van der Waals surface area contributed by atoms with Crippen LogP contribution in [0.5, 0.6) is 0 Å². The lowest BCUT2D eigenvalue weighted by Gasteiger charge is -2.43. The van der Waals surface area contributed by atoms with E-state index in [1.807, 2.05) is 18.2 Å². The number of nitrogens with two attached hydrogens (primary N) is 1. The minimum atomic E-state index is -0.980. The maximum absolute atomic E-state index is 12.0. The van der Waals surface area contributed by atoms with Crippen LogP contribution in [0.15, 0.2) is 36.4 Å². The molecule has 136 valence electrons. The Bertz CT molecular complexity index is 910. The summed E-state index contributed by atoms with van der Waals surface area (Å²) in [6.07, 6.45) is 1.99. The largest absolute Gasteiger partial charge is 0.478 e. The molecule has 0 saturated carbocycles. The van der Waals surface area contributed by atoms with Crippen LogP contribution >= 0.6 is 0 Å². The van der Waals surface area contributed by atoms with Crippen molar-refractivity contribution < 1.29 is 14.7 Å². The Morgan fingerprint density at radius 3 is 2.19 bits per heavy atom. The molecule has 26 heavy (non-hydrogen) atoms. The number of primary amides is 1. The number of carbonyl (C=O) groups is 2. The predicted octanol–water partition coefficient (Wildman–Crippen LogP) is 4.50. The molecule has 2 aromatic carbocycles. The summed E-state index contributed by atoms with van der Waals surface area (Å²) in [6, 6.07) is 10.6. The molecule has 1 amide bonds. The Morgan fingerprint density at radius 1 is 0.962 bits per heavy atom. The van der Waals surface area contributed by atoms with Crippen molar-refractivity contribution in [3.63, 3.8) is 0 Å². The van der Waals surface area contributed by atoms with Gasteiger partial charge in [-0.15, -0.1) is 0 Å². The molecule has 0 atom stereocenters. The Hall–Kier alpha value is -2.62. The minimum Gasteiger partial charge on any atom is -0.478 e. The van der Waals surface area contributed by atoms with Gasteiger partial charge in [0.2, 0.25) is 5.91 Å². The number of aromatic carboxylic acids is 1. The SMILES string of the molecule is CC1(C)CCC(C)(C)c2c(-c3ccccc3C(=O)O)cc(C(N)=O)cc21. The molecule has 4 nitrogen and oxygen atoms in total. The molecule has 0 saturated heterocycles. The van der Waals surface area contributed by atoms with Crippen LogP contribution in [0.2, 0.25) is 0 Å². The number of hydrogen-bond acceptors (Lipinski definition) is 2. The number of amides is 1. The summed E-state index contributed by atoms with van der Waals surface area (Å²) in [5, 5.41) is 9.65. The van der Waals surface area contributed by atoms with Gasteiger partial charge in [0.05, 0.1) is 5.56 Å². The minimum absolute atomic E-state index is 0.108. The van der Waals surface area contributed by atoms with Gasteiger partial charge in [-0.25, -0.2) is 4.79 Å². The number of rotatable bonds is 3. The maximum atomic E-state index is 12.0. The summed E-state index contributed by atoms with van der Waals surface area (Å²) in [7, 11) is 0. The smallest absolute Gasteiger partial charge is 0.336 e. The van der Waals surface area contributed by atoms with Crippen molar-refractivity contribution in [2.24, 2.45) is 5.73 Å². The second-order valence-electron chi connectivity index (χ2n) is 8.43. The van der Waals surface area contributed by atoms with Gasteiger partial charge in [-0.2, -0.15) is 0 Å². The zero-order valence-electron chi connectivity index (χ0n) is 15.7. The molecule has 0 bridgehead atoms. The topological polar surface area (TPSA) is 80.4 Å². The lowest BCUT2D eigenvalue weighted by atomic mass is 9.61. The first kappa shape index (κ1) is 18.2. The van der Waals surface area contributed by atoms with Crippen molar-refractivity contribution in [2.75, 3.05) is 0 Å². The zero-order valence-corrected chi connectivity index (χ0v) is 15.7. The van der Waals surface area contributed by atoms with Gasteiger partial charge >= 0.3 is 5.97 Å². The van der Waals surface area contributed by atoms with Gasteiger partial charge in [0.25, 0.3) is 0 Å². The lowest BCUT2D eigenvalue weighted by molar-refractivity contribution is 0.0697. The fourth-order valence-electron chi connectivity index (χ4n) is 4.05. The molecule has 0 aromatic heterocycles. The predicted molar refractivity (Wildman–Crippen MR) is 103 cm³/mol. The summed E-state index contributed by atoms with van der Waals surface area (Å²) >= 11 is 0. The van der Waals surface area contributed by atoms with Crippen molar-refractivity contribution in [1.82, 2.24) is 0 Å². The molecular formula is C22H25NO3. The Balaban J connectivity index is 2.45. The van der Waals surface area contributed by atoms with Crippen LogP contribution in [-0.2, 0) is 10.8 Å². The van der Waals surface area contributed by atoms with Crippen LogP contribution in [0.1, 0.15) is 72.4 Å². The second kappa shape index (κ2) is 5.97. The second-order valence-corrected chi connectivity index (χ2v) is 8.43. The fraction of sp³-hybridized carbons (Fsp3) is 0.364. The van der Waals surface area contributed by atoms with Gasteiger partial charge < -0.3 is 10.8 Å². The number of carboxylic acids is 1. The third-order valence-electron chi connectivity index (χ3n) is 5.65. The van der Waals surface area contributed by atoms with E-state index in [0.717, 1.165) is 29.5 Å². The van der Waals surface area contributed by atoms with Crippen molar-refractivity contribution in [2.45, 2.75) is 51.4 Å². The molecular weight excluding hydrogens is 326 g/mol. The Labute approximate surface area is 154 Å². The highest BCUT2D eigenvalue weighted by Gasteiger charge is 2.39. The van der Waals surface area contributed by atoms with Crippen LogP contribution in [-0.4, -0.2) is 17.0 Å². The molecule has 4 heteroatoms. The molecule has 2 aromatic rings. The molecule has 3 N–H and O–H groups in total. The Morgan fingerprint density at radius 2 is 1.58 bits per heavy atom. The van der Waals surface area contributed by atoms with Gasteiger partial charge in [-0.1, -0.05) is 45.9 Å². The average molecular weight is 351 g/mol. The highest BCUT2D eigenvalue weighted by molar-refractivity contribution is 5.99. The molecule has 0 unspecified atom stereocenters. The Kier molecular flexibility index (Phi) is 4.18. The van der Waals surface area contributed by atoms with E-state index < -0.39 is 11.9 Å². The summed E-state index contributed by atoms with van der Waals surface area (Å²) in [5.41, 5.74) is 9.64. The molecule has 0 aliphatic heterocycles. The van der Waals surface area contributed by atoms with Crippen molar-refractivity contribution >= 4 is 11.9 Å². The van der Waals surface area contributed by atoms with Gasteiger partial charge in [0.1, 0.15) is 0 Å². The quantitative estimate of drug-likeness (QED) is 0.854. The van der Waals surface area contributed by atoms with Gasteiger partial charge in [-0.3, -0.25) is 4.79 Å². The van der Waals surface area contributed by atoms with Gasteiger partial charge in [0.15, 0.2) is 0 Å². The van der Waals surface area contributed by atoms with Crippen LogP contribution in [0.3, 0.4) is 0 Å².